The van der Waals surface area contributed by atoms with Crippen molar-refractivity contribution in [2.45, 2.75) is 58.3 Å². The lowest BCUT2D eigenvalue weighted by atomic mass is 10.0. The smallest absolute Gasteiger partial charge is 0.407 e. The summed E-state index contributed by atoms with van der Waals surface area (Å²) >= 11 is 0. The largest absolute Gasteiger partial charge is 0.444 e. The summed E-state index contributed by atoms with van der Waals surface area (Å²) in [5, 5.41) is 16.7. The molecule has 152 valence electrons. The predicted octanol–water partition coefficient (Wildman–Crippen LogP) is 2.80. The molecule has 0 heterocycles. The molecule has 3 N–H and O–H groups in total. The quantitative estimate of drug-likeness (QED) is 0.518. The van der Waals surface area contributed by atoms with E-state index in [2.05, 4.69) is 29.3 Å². The van der Waals surface area contributed by atoms with Gasteiger partial charge in [0.15, 0.2) is 0 Å². The number of aliphatic hydroxyl groups excluding tert-OH is 1. The van der Waals surface area contributed by atoms with Gasteiger partial charge in [-0.05, 0) is 58.4 Å². The van der Waals surface area contributed by atoms with Gasteiger partial charge in [0.2, 0.25) is 0 Å². The standard InChI is InChI=1S/C21H35N3O3/c1-16(11-12-22-5)14-23-15-19(25)18(13-17-9-7-6-8-10-17)24-20(26)27-21(2,3)4/h6-10,16,18-19,23,25H,5,11-15H2,1-4H3,(H,24,26). The third kappa shape index (κ3) is 10.7. The zero-order valence-corrected chi connectivity index (χ0v) is 17.1. The maximum absolute atomic E-state index is 12.2. The monoisotopic (exact) mass is 377 g/mol. The number of nitrogens with one attached hydrogen (secondary N) is 2. The summed E-state index contributed by atoms with van der Waals surface area (Å²) in [5.41, 5.74) is 0.460. The second-order valence-corrected chi connectivity index (χ2v) is 8.01. The van der Waals surface area contributed by atoms with Crippen LogP contribution < -0.4 is 10.6 Å². The van der Waals surface area contributed by atoms with Crippen LogP contribution in [-0.2, 0) is 11.2 Å². The average molecular weight is 378 g/mol. The highest BCUT2D eigenvalue weighted by Crippen LogP contribution is 2.10. The molecule has 1 aromatic rings. The molecule has 1 amide bonds. The van der Waals surface area contributed by atoms with E-state index in [1.807, 2.05) is 51.1 Å². The zero-order valence-electron chi connectivity index (χ0n) is 17.1. The number of rotatable bonds is 11. The van der Waals surface area contributed by atoms with E-state index in [1.54, 1.807) is 0 Å². The normalized spacial score (nSPS) is 14.9. The second kappa shape index (κ2) is 11.7. The second-order valence-electron chi connectivity index (χ2n) is 8.01. The molecule has 0 fully saturated rings. The van der Waals surface area contributed by atoms with E-state index in [0.717, 1.165) is 25.1 Å². The lowest BCUT2D eigenvalue weighted by Gasteiger charge is -2.27. The van der Waals surface area contributed by atoms with Gasteiger partial charge >= 0.3 is 6.09 Å². The summed E-state index contributed by atoms with van der Waals surface area (Å²) in [5.74, 6) is 0.439. The Labute approximate surface area is 163 Å². The number of carbonyl (C=O) groups excluding carboxylic acids is 1. The summed E-state index contributed by atoms with van der Waals surface area (Å²) in [4.78, 5) is 16.1. The van der Waals surface area contributed by atoms with Gasteiger partial charge in [-0.3, -0.25) is 0 Å². The fourth-order valence-corrected chi connectivity index (χ4v) is 2.64. The van der Waals surface area contributed by atoms with Crippen molar-refractivity contribution >= 4 is 12.8 Å². The third-order valence-corrected chi connectivity index (χ3v) is 4.09. The number of hydrogen-bond donors (Lipinski definition) is 3. The van der Waals surface area contributed by atoms with Crippen LogP contribution in [0.5, 0.6) is 0 Å². The molecule has 6 nitrogen and oxygen atoms in total. The Morgan fingerprint density at radius 3 is 2.52 bits per heavy atom. The van der Waals surface area contributed by atoms with Gasteiger partial charge in [-0.1, -0.05) is 37.3 Å². The van der Waals surface area contributed by atoms with Crippen LogP contribution in [0.4, 0.5) is 4.79 Å². The fraction of sp³-hybridized carbons (Fsp3) is 0.619. The van der Waals surface area contributed by atoms with Gasteiger partial charge in [0.1, 0.15) is 5.60 Å². The number of aliphatic hydroxyl groups is 1. The van der Waals surface area contributed by atoms with Gasteiger partial charge in [0.05, 0.1) is 12.1 Å². The van der Waals surface area contributed by atoms with E-state index >= 15 is 0 Å². The van der Waals surface area contributed by atoms with E-state index in [1.165, 1.54) is 0 Å². The van der Waals surface area contributed by atoms with Crippen LogP contribution >= 0.6 is 0 Å². The Balaban J connectivity index is 2.63. The van der Waals surface area contributed by atoms with Crippen molar-refractivity contribution in [3.63, 3.8) is 0 Å². The molecule has 1 rings (SSSR count). The molecule has 3 atom stereocenters. The molecule has 0 aliphatic heterocycles. The number of alkyl carbamates (subject to hydrolysis) is 1. The number of benzene rings is 1. The molecule has 1 aromatic carbocycles. The van der Waals surface area contributed by atoms with Crippen LogP contribution in [0.3, 0.4) is 0 Å². The number of amides is 1. The molecule has 0 spiro atoms. The maximum atomic E-state index is 12.2. The SMILES string of the molecule is C=NCCC(C)CNCC(O)C(Cc1ccccc1)NC(=O)OC(C)(C)C. The van der Waals surface area contributed by atoms with Crippen molar-refractivity contribution in [2.24, 2.45) is 10.9 Å². The molecule has 0 radical (unpaired) electrons. The van der Waals surface area contributed by atoms with Crippen LogP contribution in [0.2, 0.25) is 0 Å². The van der Waals surface area contributed by atoms with Gasteiger partial charge in [-0.15, -0.1) is 0 Å². The van der Waals surface area contributed by atoms with Gasteiger partial charge in [-0.25, -0.2) is 4.79 Å². The minimum atomic E-state index is -0.734. The van der Waals surface area contributed by atoms with Gasteiger partial charge in [0.25, 0.3) is 0 Å². The zero-order chi connectivity index (χ0) is 20.3. The first-order valence-electron chi connectivity index (χ1n) is 9.56. The molecule has 6 heteroatoms. The number of carbonyl (C=O) groups is 1. The Bertz CT molecular complexity index is 558. The number of ether oxygens (including phenoxy) is 1. The highest BCUT2D eigenvalue weighted by molar-refractivity contribution is 5.68. The molecule has 27 heavy (non-hydrogen) atoms. The van der Waals surface area contributed by atoms with Crippen LogP contribution in [0.25, 0.3) is 0 Å². The Morgan fingerprint density at radius 2 is 1.93 bits per heavy atom. The predicted molar refractivity (Wildman–Crippen MR) is 110 cm³/mol. The molecule has 0 aliphatic carbocycles. The third-order valence-electron chi connectivity index (χ3n) is 4.09. The summed E-state index contributed by atoms with van der Waals surface area (Å²) in [6.45, 7) is 13.0. The minimum absolute atomic E-state index is 0.388. The average Bonchev–Trinajstić information content (AvgIpc) is 2.58. The van der Waals surface area contributed by atoms with Gasteiger partial charge < -0.3 is 25.5 Å². The number of aliphatic imine (C=N–C) groups is 1. The molecule has 0 aliphatic rings. The van der Waals surface area contributed by atoms with Crippen molar-refractivity contribution in [1.82, 2.24) is 10.6 Å². The molecular weight excluding hydrogens is 342 g/mol. The Morgan fingerprint density at radius 1 is 1.26 bits per heavy atom. The molecule has 3 unspecified atom stereocenters. The van der Waals surface area contributed by atoms with Crippen molar-refractivity contribution in [3.8, 4) is 0 Å². The summed E-state index contributed by atoms with van der Waals surface area (Å²) in [6.07, 6.45) is 0.227. The maximum Gasteiger partial charge on any atom is 0.407 e. The Kier molecular flexibility index (Phi) is 10.0. The van der Waals surface area contributed by atoms with E-state index < -0.39 is 23.8 Å². The van der Waals surface area contributed by atoms with Crippen LogP contribution in [-0.4, -0.2) is 55.3 Å². The highest BCUT2D eigenvalue weighted by Gasteiger charge is 2.25. The van der Waals surface area contributed by atoms with Gasteiger partial charge in [-0.2, -0.15) is 0 Å². The Hall–Kier alpha value is -1.92. The lowest BCUT2D eigenvalue weighted by Crippen LogP contribution is -2.50. The first kappa shape index (κ1) is 23.1. The van der Waals surface area contributed by atoms with E-state index in [0.29, 0.717) is 18.9 Å². The first-order chi connectivity index (χ1) is 12.7. The number of nitrogens with zero attached hydrogens (tertiary/aromatic N) is 1. The fourth-order valence-electron chi connectivity index (χ4n) is 2.64. The van der Waals surface area contributed by atoms with Crippen molar-refractivity contribution in [2.75, 3.05) is 19.6 Å². The first-order valence-corrected chi connectivity index (χ1v) is 9.56. The summed E-state index contributed by atoms with van der Waals surface area (Å²) in [7, 11) is 0. The minimum Gasteiger partial charge on any atom is -0.444 e. The van der Waals surface area contributed by atoms with Crippen molar-refractivity contribution < 1.29 is 14.6 Å². The summed E-state index contributed by atoms with van der Waals surface area (Å²) in [6, 6.07) is 9.35. The molecule has 0 bridgehead atoms. The highest BCUT2D eigenvalue weighted by atomic mass is 16.6. The van der Waals surface area contributed by atoms with E-state index in [9.17, 15) is 9.90 Å². The van der Waals surface area contributed by atoms with Crippen molar-refractivity contribution in [3.05, 3.63) is 35.9 Å². The molecular formula is C21H35N3O3. The topological polar surface area (TPSA) is 83.0 Å². The van der Waals surface area contributed by atoms with Crippen molar-refractivity contribution in [1.29, 1.82) is 0 Å². The van der Waals surface area contributed by atoms with E-state index in [4.69, 9.17) is 4.74 Å². The summed E-state index contributed by atoms with van der Waals surface area (Å²) < 4.78 is 5.35. The van der Waals surface area contributed by atoms with Crippen LogP contribution in [0.15, 0.2) is 35.3 Å². The molecule has 0 aromatic heterocycles. The van der Waals surface area contributed by atoms with Crippen LogP contribution in [0.1, 0.15) is 39.7 Å². The van der Waals surface area contributed by atoms with Crippen LogP contribution in [0, 0.1) is 5.92 Å². The molecule has 0 saturated carbocycles. The lowest BCUT2D eigenvalue weighted by molar-refractivity contribution is 0.0422. The number of hydrogen-bond acceptors (Lipinski definition) is 5. The van der Waals surface area contributed by atoms with E-state index in [-0.39, 0.29) is 0 Å². The van der Waals surface area contributed by atoms with Gasteiger partial charge in [0, 0.05) is 13.1 Å². The molecule has 0 saturated heterocycles.